The van der Waals surface area contributed by atoms with E-state index < -0.39 is 0 Å². The van der Waals surface area contributed by atoms with Gasteiger partial charge in [-0.3, -0.25) is 4.79 Å². The van der Waals surface area contributed by atoms with Gasteiger partial charge in [-0.15, -0.1) is 0 Å². The fourth-order valence-corrected chi connectivity index (χ4v) is 2.64. The van der Waals surface area contributed by atoms with Crippen LogP contribution in [0, 0.1) is 0 Å². The molecule has 2 N–H and O–H groups in total. The number of para-hydroxylation sites is 1. The highest BCUT2D eigenvalue weighted by atomic mass is 16.5. The van der Waals surface area contributed by atoms with Gasteiger partial charge in [0.1, 0.15) is 0 Å². The Morgan fingerprint density at radius 2 is 1.77 bits per heavy atom. The molecule has 0 atom stereocenters. The fourth-order valence-electron chi connectivity index (χ4n) is 2.64. The number of nitrogens with zero attached hydrogens (tertiary/aromatic N) is 1. The van der Waals surface area contributed by atoms with Crippen molar-refractivity contribution in [3.05, 3.63) is 53.7 Å². The van der Waals surface area contributed by atoms with Gasteiger partial charge in [0.2, 0.25) is 5.75 Å². The van der Waals surface area contributed by atoms with Crippen LogP contribution in [0.25, 0.3) is 10.9 Å². The van der Waals surface area contributed by atoms with Gasteiger partial charge in [0, 0.05) is 28.2 Å². The summed E-state index contributed by atoms with van der Waals surface area (Å²) in [6.07, 6.45) is 3.43. The summed E-state index contributed by atoms with van der Waals surface area (Å²) in [6, 6.07) is 11.0. The summed E-state index contributed by atoms with van der Waals surface area (Å²) < 4.78 is 15.8. The third-order valence-electron chi connectivity index (χ3n) is 3.92. The van der Waals surface area contributed by atoms with Crippen molar-refractivity contribution < 1.29 is 19.0 Å². The van der Waals surface area contributed by atoms with E-state index in [2.05, 4.69) is 15.5 Å². The molecule has 0 aliphatic carbocycles. The van der Waals surface area contributed by atoms with E-state index in [9.17, 15) is 4.79 Å². The Hall–Kier alpha value is -3.48. The van der Waals surface area contributed by atoms with Gasteiger partial charge < -0.3 is 19.2 Å². The molecule has 0 spiro atoms. The lowest BCUT2D eigenvalue weighted by Gasteiger charge is -2.13. The summed E-state index contributed by atoms with van der Waals surface area (Å²) >= 11 is 0. The molecule has 134 valence electrons. The summed E-state index contributed by atoms with van der Waals surface area (Å²) in [6.45, 7) is 0. The first-order valence-corrected chi connectivity index (χ1v) is 7.87. The average Bonchev–Trinajstić information content (AvgIpc) is 3.09. The third-order valence-corrected chi connectivity index (χ3v) is 3.92. The van der Waals surface area contributed by atoms with Crippen LogP contribution < -0.4 is 19.6 Å². The summed E-state index contributed by atoms with van der Waals surface area (Å²) in [5.74, 6) is 0.837. The largest absolute Gasteiger partial charge is 0.493 e. The molecule has 26 heavy (non-hydrogen) atoms. The molecule has 0 bridgehead atoms. The first-order valence-electron chi connectivity index (χ1n) is 7.87. The second-order valence-corrected chi connectivity index (χ2v) is 5.40. The molecule has 0 aliphatic rings. The fraction of sp³-hybridized carbons (Fsp3) is 0.158. The number of aromatic nitrogens is 1. The Labute approximate surface area is 150 Å². The molecule has 0 radical (unpaired) electrons. The number of methoxy groups -OCH3 is 3. The van der Waals surface area contributed by atoms with Crippen molar-refractivity contribution in [2.45, 2.75) is 0 Å². The Morgan fingerprint density at radius 1 is 1.08 bits per heavy atom. The van der Waals surface area contributed by atoms with Crippen molar-refractivity contribution in [2.24, 2.45) is 5.10 Å². The molecule has 1 amide bonds. The second kappa shape index (κ2) is 7.60. The Bertz CT molecular complexity index is 937. The van der Waals surface area contributed by atoms with Gasteiger partial charge in [0.15, 0.2) is 11.5 Å². The number of hydrogen-bond donors (Lipinski definition) is 2. The van der Waals surface area contributed by atoms with Crippen LogP contribution in [0.5, 0.6) is 17.2 Å². The minimum atomic E-state index is -0.389. The molecule has 7 heteroatoms. The Balaban J connectivity index is 1.79. The van der Waals surface area contributed by atoms with E-state index in [1.54, 1.807) is 18.3 Å². The van der Waals surface area contributed by atoms with Crippen LogP contribution in [-0.4, -0.2) is 38.4 Å². The van der Waals surface area contributed by atoms with Crippen molar-refractivity contribution in [1.82, 2.24) is 10.4 Å². The normalized spacial score (nSPS) is 10.9. The maximum absolute atomic E-state index is 12.4. The number of ether oxygens (including phenoxy) is 3. The molecule has 1 heterocycles. The number of hydrogen-bond acceptors (Lipinski definition) is 5. The summed E-state index contributed by atoms with van der Waals surface area (Å²) in [4.78, 5) is 15.5. The SMILES string of the molecule is COc1cc(C(=O)N/N=C/c2c[nH]c3ccccc23)cc(OC)c1OC. The van der Waals surface area contributed by atoms with Crippen molar-refractivity contribution in [3.8, 4) is 17.2 Å². The minimum absolute atomic E-state index is 0.343. The molecule has 0 saturated heterocycles. The lowest BCUT2D eigenvalue weighted by molar-refractivity contribution is 0.0954. The van der Waals surface area contributed by atoms with Gasteiger partial charge in [0.05, 0.1) is 27.5 Å². The number of rotatable bonds is 6. The Morgan fingerprint density at radius 3 is 2.42 bits per heavy atom. The zero-order chi connectivity index (χ0) is 18.5. The summed E-state index contributed by atoms with van der Waals surface area (Å²) in [7, 11) is 4.49. The van der Waals surface area contributed by atoms with Crippen molar-refractivity contribution in [2.75, 3.05) is 21.3 Å². The predicted molar refractivity (Wildman–Crippen MR) is 99.5 cm³/mol. The number of benzene rings is 2. The number of aromatic amines is 1. The number of amides is 1. The van der Waals surface area contributed by atoms with Crippen molar-refractivity contribution >= 4 is 23.0 Å². The third kappa shape index (κ3) is 3.32. The number of nitrogens with one attached hydrogen (secondary N) is 2. The van der Waals surface area contributed by atoms with Gasteiger partial charge in [-0.05, 0) is 18.2 Å². The van der Waals surface area contributed by atoms with E-state index in [0.29, 0.717) is 22.8 Å². The van der Waals surface area contributed by atoms with E-state index in [0.717, 1.165) is 16.5 Å². The van der Waals surface area contributed by atoms with Gasteiger partial charge in [-0.25, -0.2) is 5.43 Å². The van der Waals surface area contributed by atoms with Crippen LogP contribution in [0.4, 0.5) is 0 Å². The molecule has 0 saturated carbocycles. The maximum atomic E-state index is 12.4. The molecule has 3 aromatic rings. The molecule has 1 aromatic heterocycles. The van der Waals surface area contributed by atoms with E-state index in [1.165, 1.54) is 21.3 Å². The summed E-state index contributed by atoms with van der Waals surface area (Å²) in [5, 5.41) is 5.06. The quantitative estimate of drug-likeness (QED) is 0.527. The van der Waals surface area contributed by atoms with E-state index in [4.69, 9.17) is 14.2 Å². The van der Waals surface area contributed by atoms with Gasteiger partial charge >= 0.3 is 0 Å². The number of carbonyl (C=O) groups is 1. The topological polar surface area (TPSA) is 84.9 Å². The molecule has 3 rings (SSSR count). The zero-order valence-corrected chi connectivity index (χ0v) is 14.7. The second-order valence-electron chi connectivity index (χ2n) is 5.40. The highest BCUT2D eigenvalue weighted by Crippen LogP contribution is 2.38. The molecule has 0 fully saturated rings. The summed E-state index contributed by atoms with van der Waals surface area (Å²) in [5.41, 5.74) is 4.73. The van der Waals surface area contributed by atoms with E-state index >= 15 is 0 Å². The molecule has 2 aromatic carbocycles. The average molecular weight is 353 g/mol. The van der Waals surface area contributed by atoms with E-state index in [-0.39, 0.29) is 5.91 Å². The van der Waals surface area contributed by atoms with Crippen molar-refractivity contribution in [3.63, 3.8) is 0 Å². The zero-order valence-electron chi connectivity index (χ0n) is 14.7. The molecular formula is C19H19N3O4. The molecule has 0 unspecified atom stereocenters. The van der Waals surface area contributed by atoms with Gasteiger partial charge in [-0.1, -0.05) is 18.2 Å². The molecular weight excluding hydrogens is 334 g/mol. The van der Waals surface area contributed by atoms with Gasteiger partial charge in [-0.2, -0.15) is 5.10 Å². The van der Waals surface area contributed by atoms with E-state index in [1.807, 2.05) is 30.5 Å². The number of H-pyrrole nitrogens is 1. The van der Waals surface area contributed by atoms with Crippen LogP contribution >= 0.6 is 0 Å². The first kappa shape index (κ1) is 17.3. The molecule has 0 aliphatic heterocycles. The lowest BCUT2D eigenvalue weighted by atomic mass is 10.1. The van der Waals surface area contributed by atoms with Crippen LogP contribution in [0.3, 0.4) is 0 Å². The smallest absolute Gasteiger partial charge is 0.271 e. The maximum Gasteiger partial charge on any atom is 0.271 e. The first-order chi connectivity index (χ1) is 12.7. The number of fused-ring (bicyclic) bond motifs is 1. The predicted octanol–water partition coefficient (Wildman–Crippen LogP) is 2.96. The van der Waals surface area contributed by atoms with Crippen molar-refractivity contribution in [1.29, 1.82) is 0 Å². The van der Waals surface area contributed by atoms with Crippen LogP contribution in [-0.2, 0) is 0 Å². The van der Waals surface area contributed by atoms with Crippen LogP contribution in [0.1, 0.15) is 15.9 Å². The number of hydrazone groups is 1. The molecule has 7 nitrogen and oxygen atoms in total. The minimum Gasteiger partial charge on any atom is -0.493 e. The lowest BCUT2D eigenvalue weighted by Crippen LogP contribution is -2.18. The highest BCUT2D eigenvalue weighted by molar-refractivity contribution is 6.00. The van der Waals surface area contributed by atoms with Gasteiger partial charge in [0.25, 0.3) is 5.91 Å². The highest BCUT2D eigenvalue weighted by Gasteiger charge is 2.16. The standard InChI is InChI=1S/C19H19N3O4/c1-24-16-8-12(9-17(25-2)18(16)26-3)19(23)22-21-11-13-10-20-15-7-5-4-6-14(13)15/h4-11,20H,1-3H3,(H,22,23)/b21-11+. The van der Waals surface area contributed by atoms with Crippen LogP contribution in [0.2, 0.25) is 0 Å². The Kier molecular flexibility index (Phi) is 5.07. The van der Waals surface area contributed by atoms with Crippen LogP contribution in [0.15, 0.2) is 47.7 Å². The number of carbonyl (C=O) groups excluding carboxylic acids is 1. The monoisotopic (exact) mass is 353 g/mol.